The molecule has 0 bridgehead atoms. The molecule has 0 unspecified atom stereocenters. The van der Waals surface area contributed by atoms with Crippen LogP contribution in [0.3, 0.4) is 0 Å². The van der Waals surface area contributed by atoms with Crippen molar-refractivity contribution >= 4 is 22.1 Å². The van der Waals surface area contributed by atoms with E-state index in [2.05, 4.69) is 53.2 Å². The molecule has 0 fully saturated rings. The van der Waals surface area contributed by atoms with Gasteiger partial charge in [0.15, 0.2) is 0 Å². The van der Waals surface area contributed by atoms with E-state index < -0.39 is 0 Å². The van der Waals surface area contributed by atoms with Gasteiger partial charge in [0.05, 0.1) is 7.11 Å². The molecule has 0 spiro atoms. The van der Waals surface area contributed by atoms with Gasteiger partial charge in [-0.3, -0.25) is 0 Å². The van der Waals surface area contributed by atoms with Gasteiger partial charge in [-0.2, -0.15) is 0 Å². The minimum atomic E-state index is 0.907. The molecule has 0 amide bonds. The van der Waals surface area contributed by atoms with Gasteiger partial charge in [0.25, 0.3) is 0 Å². The Morgan fingerprint density at radius 3 is 2.65 bits per heavy atom. The van der Waals surface area contributed by atoms with Crippen LogP contribution in [0.2, 0.25) is 0 Å². The van der Waals surface area contributed by atoms with Crippen molar-refractivity contribution in [3.63, 3.8) is 0 Å². The van der Waals surface area contributed by atoms with Crippen molar-refractivity contribution in [3.05, 3.63) is 53.4 Å². The minimum absolute atomic E-state index is 0.907. The van der Waals surface area contributed by atoms with Gasteiger partial charge in [-0.25, -0.2) is 0 Å². The fourth-order valence-electron chi connectivity index (χ4n) is 2.48. The van der Waals surface area contributed by atoms with Gasteiger partial charge in [-0.1, -0.05) is 24.3 Å². The molecule has 2 aromatic carbocycles. The zero-order valence-corrected chi connectivity index (χ0v) is 12.5. The summed E-state index contributed by atoms with van der Waals surface area (Å²) < 4.78 is 5.46. The van der Waals surface area contributed by atoms with E-state index in [1.165, 1.54) is 21.4 Å². The zero-order valence-electron chi connectivity index (χ0n) is 11.6. The molecule has 1 N–H and O–H groups in total. The van der Waals surface area contributed by atoms with Crippen molar-refractivity contribution in [2.45, 2.75) is 6.54 Å². The lowest BCUT2D eigenvalue weighted by molar-refractivity contribution is 0.420. The highest BCUT2D eigenvalue weighted by atomic mass is 32.1. The number of benzene rings is 2. The molecule has 20 heavy (non-hydrogen) atoms. The average Bonchev–Trinajstić information content (AvgIpc) is 2.95. The molecule has 0 saturated carbocycles. The van der Waals surface area contributed by atoms with E-state index in [1.54, 1.807) is 18.4 Å². The second kappa shape index (κ2) is 5.65. The Bertz CT molecular complexity index is 733. The molecule has 1 heterocycles. The lowest BCUT2D eigenvalue weighted by Gasteiger charge is -2.09. The number of thiophene rings is 1. The maximum Gasteiger partial charge on any atom is 0.126 e. The average molecular weight is 283 g/mol. The first-order chi connectivity index (χ1) is 9.83. The lowest BCUT2D eigenvalue weighted by Crippen LogP contribution is -2.03. The summed E-state index contributed by atoms with van der Waals surface area (Å²) in [5.41, 5.74) is 2.60. The summed E-state index contributed by atoms with van der Waals surface area (Å²) in [6.07, 6.45) is 0. The number of hydrogen-bond acceptors (Lipinski definition) is 3. The molecule has 3 heteroatoms. The van der Waals surface area contributed by atoms with Crippen LogP contribution in [0.4, 0.5) is 0 Å². The van der Waals surface area contributed by atoms with Crippen molar-refractivity contribution in [1.29, 1.82) is 0 Å². The van der Waals surface area contributed by atoms with E-state index in [-0.39, 0.29) is 0 Å². The second-order valence-corrected chi connectivity index (χ2v) is 5.62. The molecule has 0 radical (unpaired) electrons. The van der Waals surface area contributed by atoms with Crippen LogP contribution in [0.15, 0.2) is 47.8 Å². The number of ether oxygens (including phenoxy) is 1. The van der Waals surface area contributed by atoms with Gasteiger partial charge in [0, 0.05) is 16.8 Å². The van der Waals surface area contributed by atoms with Crippen LogP contribution in [0, 0.1) is 0 Å². The number of fused-ring (bicyclic) bond motifs is 1. The van der Waals surface area contributed by atoms with Gasteiger partial charge >= 0.3 is 0 Å². The molecule has 0 aliphatic carbocycles. The monoisotopic (exact) mass is 283 g/mol. The van der Waals surface area contributed by atoms with E-state index in [0.717, 1.165) is 17.7 Å². The largest absolute Gasteiger partial charge is 0.496 e. The van der Waals surface area contributed by atoms with Crippen molar-refractivity contribution in [2.75, 3.05) is 14.2 Å². The SMILES string of the molecule is CNCc1csc(-c2ccc(OC)c3ccccc23)c1. The van der Waals surface area contributed by atoms with Crippen molar-refractivity contribution in [1.82, 2.24) is 5.32 Å². The summed E-state index contributed by atoms with van der Waals surface area (Å²) in [7, 11) is 3.69. The van der Waals surface area contributed by atoms with Gasteiger partial charge in [-0.05, 0) is 47.1 Å². The molecule has 0 saturated heterocycles. The van der Waals surface area contributed by atoms with Crippen molar-refractivity contribution in [3.8, 4) is 16.2 Å². The third kappa shape index (κ3) is 2.30. The third-order valence-electron chi connectivity index (χ3n) is 3.40. The Morgan fingerprint density at radius 1 is 1.10 bits per heavy atom. The van der Waals surface area contributed by atoms with Crippen LogP contribution in [0.25, 0.3) is 21.2 Å². The minimum Gasteiger partial charge on any atom is -0.496 e. The topological polar surface area (TPSA) is 21.3 Å². The molecular weight excluding hydrogens is 266 g/mol. The first-order valence-corrected chi connectivity index (χ1v) is 7.49. The van der Waals surface area contributed by atoms with Crippen LogP contribution in [0.5, 0.6) is 5.75 Å². The summed E-state index contributed by atoms with van der Waals surface area (Å²) in [6, 6.07) is 14.9. The van der Waals surface area contributed by atoms with Gasteiger partial charge in [0.2, 0.25) is 0 Å². The third-order valence-corrected chi connectivity index (χ3v) is 4.42. The highest BCUT2D eigenvalue weighted by Crippen LogP contribution is 2.37. The summed E-state index contributed by atoms with van der Waals surface area (Å²) in [5.74, 6) is 0.927. The Morgan fingerprint density at radius 2 is 1.90 bits per heavy atom. The maximum absolute atomic E-state index is 5.46. The summed E-state index contributed by atoms with van der Waals surface area (Å²) in [6.45, 7) is 0.907. The zero-order chi connectivity index (χ0) is 13.9. The molecule has 102 valence electrons. The molecule has 2 nitrogen and oxygen atoms in total. The van der Waals surface area contributed by atoms with Crippen LogP contribution in [-0.2, 0) is 6.54 Å². The van der Waals surface area contributed by atoms with Gasteiger partial charge < -0.3 is 10.1 Å². The Hall–Kier alpha value is -1.84. The predicted molar refractivity (Wildman–Crippen MR) is 86.6 cm³/mol. The second-order valence-electron chi connectivity index (χ2n) is 4.71. The fraction of sp³-hybridized carbons (Fsp3) is 0.176. The predicted octanol–water partition coefficient (Wildman–Crippen LogP) is 4.30. The van der Waals surface area contributed by atoms with Gasteiger partial charge in [-0.15, -0.1) is 11.3 Å². The first kappa shape index (κ1) is 13.2. The molecule has 0 aliphatic heterocycles. The number of rotatable bonds is 4. The van der Waals surface area contributed by atoms with Crippen LogP contribution in [0.1, 0.15) is 5.56 Å². The Kier molecular flexibility index (Phi) is 3.72. The Balaban J connectivity index is 2.15. The lowest BCUT2D eigenvalue weighted by atomic mass is 10.0. The quantitative estimate of drug-likeness (QED) is 0.771. The normalized spacial score (nSPS) is 10.9. The van der Waals surface area contributed by atoms with E-state index in [1.807, 2.05) is 7.05 Å². The number of nitrogens with one attached hydrogen (secondary N) is 1. The van der Waals surface area contributed by atoms with E-state index in [0.29, 0.717) is 0 Å². The molecule has 0 atom stereocenters. The van der Waals surface area contributed by atoms with E-state index in [4.69, 9.17) is 4.74 Å². The standard InChI is InChI=1S/C17H17NOS/c1-18-10-12-9-17(20-11-12)15-7-8-16(19-2)14-6-4-3-5-13(14)15/h3-9,11,18H,10H2,1-2H3. The summed E-state index contributed by atoms with van der Waals surface area (Å²) in [4.78, 5) is 1.30. The van der Waals surface area contributed by atoms with Crippen LogP contribution in [-0.4, -0.2) is 14.2 Å². The summed E-state index contributed by atoms with van der Waals surface area (Å²) >= 11 is 1.79. The smallest absolute Gasteiger partial charge is 0.126 e. The highest BCUT2D eigenvalue weighted by molar-refractivity contribution is 7.13. The van der Waals surface area contributed by atoms with E-state index >= 15 is 0 Å². The van der Waals surface area contributed by atoms with Gasteiger partial charge in [0.1, 0.15) is 5.75 Å². The van der Waals surface area contributed by atoms with E-state index in [9.17, 15) is 0 Å². The number of methoxy groups -OCH3 is 1. The van der Waals surface area contributed by atoms with Crippen molar-refractivity contribution < 1.29 is 4.74 Å². The van der Waals surface area contributed by atoms with Crippen LogP contribution < -0.4 is 10.1 Å². The highest BCUT2D eigenvalue weighted by Gasteiger charge is 2.09. The van der Waals surface area contributed by atoms with Crippen molar-refractivity contribution in [2.24, 2.45) is 0 Å². The molecule has 1 aromatic heterocycles. The maximum atomic E-state index is 5.46. The number of hydrogen-bond donors (Lipinski definition) is 1. The first-order valence-electron chi connectivity index (χ1n) is 6.61. The van der Waals surface area contributed by atoms with Crippen LogP contribution >= 0.6 is 11.3 Å². The fourth-order valence-corrected chi connectivity index (χ4v) is 3.43. The summed E-state index contributed by atoms with van der Waals surface area (Å²) in [5, 5.41) is 7.81. The molecular formula is C17H17NOS. The Labute approximate surface area is 123 Å². The molecule has 3 aromatic rings. The molecule has 3 rings (SSSR count). The molecule has 0 aliphatic rings.